The van der Waals surface area contributed by atoms with E-state index in [1.807, 2.05) is 12.1 Å². The normalized spacial score (nSPS) is 14.0. The second kappa shape index (κ2) is 7.99. The van der Waals surface area contributed by atoms with Crippen molar-refractivity contribution in [1.82, 2.24) is 9.88 Å². The molecule has 146 valence electrons. The Morgan fingerprint density at radius 1 is 1.00 bits per heavy atom. The van der Waals surface area contributed by atoms with Gasteiger partial charge in [-0.25, -0.2) is 0 Å². The summed E-state index contributed by atoms with van der Waals surface area (Å²) < 4.78 is 64.1. The lowest BCUT2D eigenvalue weighted by Gasteiger charge is -2.29. The number of ether oxygens (including phenoxy) is 2. The zero-order chi connectivity index (χ0) is 19.6. The number of halogens is 4. The van der Waals surface area contributed by atoms with Crippen LogP contribution in [-0.4, -0.2) is 43.7 Å². The van der Waals surface area contributed by atoms with Gasteiger partial charge in [0.2, 0.25) is 11.6 Å². The summed E-state index contributed by atoms with van der Waals surface area (Å²) in [7, 11) is 3.14. The summed E-state index contributed by atoms with van der Waals surface area (Å²) in [6.45, 7) is 1.88. The van der Waals surface area contributed by atoms with Crippen LogP contribution in [0.4, 0.5) is 23.2 Å². The quantitative estimate of drug-likeness (QED) is 0.612. The molecule has 9 heteroatoms. The highest BCUT2D eigenvalue weighted by molar-refractivity contribution is 5.48. The van der Waals surface area contributed by atoms with Crippen molar-refractivity contribution >= 4 is 5.69 Å². The molecule has 5 nitrogen and oxygen atoms in total. The topological polar surface area (TPSA) is 46.6 Å². The molecular weight excluding hydrogens is 366 g/mol. The first-order chi connectivity index (χ1) is 12.9. The van der Waals surface area contributed by atoms with Crippen molar-refractivity contribution in [1.29, 1.82) is 0 Å². The second-order valence-corrected chi connectivity index (χ2v) is 6.13. The highest BCUT2D eigenvalue weighted by Gasteiger charge is 2.22. The summed E-state index contributed by atoms with van der Waals surface area (Å²) in [5.41, 5.74) is 1.37. The molecule has 0 saturated heterocycles. The SMILES string of the molecule is COc1cc2c(cc1OC)CN(CCNc1c(F)c(F)nc(F)c1F)CC2. The highest BCUT2D eigenvalue weighted by atomic mass is 19.2. The maximum absolute atomic E-state index is 13.6. The summed E-state index contributed by atoms with van der Waals surface area (Å²) in [6.07, 6.45) is 0.775. The summed E-state index contributed by atoms with van der Waals surface area (Å²) in [4.78, 5) is 4.59. The number of fused-ring (bicyclic) bond motifs is 1. The third-order valence-corrected chi connectivity index (χ3v) is 4.52. The van der Waals surface area contributed by atoms with Crippen molar-refractivity contribution in [3.05, 3.63) is 46.8 Å². The molecule has 3 rings (SSSR count). The monoisotopic (exact) mass is 385 g/mol. The lowest BCUT2D eigenvalue weighted by molar-refractivity contribution is 0.262. The van der Waals surface area contributed by atoms with Gasteiger partial charge >= 0.3 is 0 Å². The Balaban J connectivity index is 1.65. The molecule has 0 unspecified atom stereocenters. The van der Waals surface area contributed by atoms with Crippen LogP contribution < -0.4 is 14.8 Å². The lowest BCUT2D eigenvalue weighted by Crippen LogP contribution is -2.34. The van der Waals surface area contributed by atoms with Gasteiger partial charge in [-0.05, 0) is 29.7 Å². The van der Waals surface area contributed by atoms with Gasteiger partial charge in [0.15, 0.2) is 11.5 Å². The van der Waals surface area contributed by atoms with Gasteiger partial charge in [-0.1, -0.05) is 0 Å². The molecule has 0 atom stereocenters. The molecule has 1 aliphatic rings. The Bertz CT molecular complexity index is 822. The van der Waals surface area contributed by atoms with Gasteiger partial charge < -0.3 is 14.8 Å². The van der Waals surface area contributed by atoms with Crippen LogP contribution in [0.5, 0.6) is 11.5 Å². The van der Waals surface area contributed by atoms with E-state index >= 15 is 0 Å². The van der Waals surface area contributed by atoms with E-state index in [0.29, 0.717) is 24.6 Å². The number of benzene rings is 1. The average Bonchev–Trinajstić information content (AvgIpc) is 2.67. The first-order valence-electron chi connectivity index (χ1n) is 8.34. The Kier molecular flexibility index (Phi) is 5.69. The number of anilines is 1. The third kappa shape index (κ3) is 3.92. The number of nitrogens with zero attached hydrogens (tertiary/aromatic N) is 2. The molecule has 2 heterocycles. The van der Waals surface area contributed by atoms with Crippen LogP contribution >= 0.6 is 0 Å². The average molecular weight is 385 g/mol. The zero-order valence-electron chi connectivity index (χ0n) is 14.9. The molecular formula is C18H19F4N3O2. The number of pyridine rings is 1. The maximum Gasteiger partial charge on any atom is 0.253 e. The van der Waals surface area contributed by atoms with Crippen molar-refractivity contribution in [2.24, 2.45) is 0 Å². The Hall–Kier alpha value is -2.55. The molecule has 1 aliphatic heterocycles. The van der Waals surface area contributed by atoms with Gasteiger partial charge in [0.1, 0.15) is 5.69 Å². The van der Waals surface area contributed by atoms with Crippen LogP contribution in [0.3, 0.4) is 0 Å². The number of aromatic nitrogens is 1. The van der Waals surface area contributed by atoms with Crippen molar-refractivity contribution in [2.75, 3.05) is 39.2 Å². The van der Waals surface area contributed by atoms with E-state index in [-0.39, 0.29) is 6.54 Å². The van der Waals surface area contributed by atoms with E-state index in [0.717, 1.165) is 24.1 Å². The smallest absolute Gasteiger partial charge is 0.253 e. The predicted molar refractivity (Wildman–Crippen MR) is 91.1 cm³/mol. The summed E-state index contributed by atoms with van der Waals surface area (Å²) in [5.74, 6) is -5.12. The van der Waals surface area contributed by atoms with Crippen molar-refractivity contribution in [3.8, 4) is 11.5 Å². The van der Waals surface area contributed by atoms with Crippen molar-refractivity contribution < 1.29 is 27.0 Å². The van der Waals surface area contributed by atoms with E-state index in [9.17, 15) is 17.6 Å². The largest absolute Gasteiger partial charge is 0.493 e. The summed E-state index contributed by atoms with van der Waals surface area (Å²) >= 11 is 0. The maximum atomic E-state index is 13.6. The molecule has 0 aliphatic carbocycles. The number of hydrogen-bond donors (Lipinski definition) is 1. The molecule has 0 spiro atoms. The van der Waals surface area contributed by atoms with Gasteiger partial charge in [0.25, 0.3) is 11.9 Å². The Morgan fingerprint density at radius 2 is 1.59 bits per heavy atom. The molecule has 0 amide bonds. The van der Waals surface area contributed by atoms with Gasteiger partial charge in [-0.15, -0.1) is 0 Å². The Morgan fingerprint density at radius 3 is 2.19 bits per heavy atom. The zero-order valence-corrected chi connectivity index (χ0v) is 14.9. The number of methoxy groups -OCH3 is 2. The van der Waals surface area contributed by atoms with E-state index in [1.54, 1.807) is 14.2 Å². The van der Waals surface area contributed by atoms with E-state index < -0.39 is 29.2 Å². The van der Waals surface area contributed by atoms with Crippen LogP contribution in [0.1, 0.15) is 11.1 Å². The second-order valence-electron chi connectivity index (χ2n) is 6.13. The van der Waals surface area contributed by atoms with Crippen molar-refractivity contribution in [2.45, 2.75) is 13.0 Å². The fourth-order valence-electron chi connectivity index (χ4n) is 3.11. The van der Waals surface area contributed by atoms with Crippen LogP contribution in [-0.2, 0) is 13.0 Å². The van der Waals surface area contributed by atoms with Crippen LogP contribution in [0, 0.1) is 23.5 Å². The van der Waals surface area contributed by atoms with E-state index in [4.69, 9.17) is 9.47 Å². The molecule has 1 aromatic carbocycles. The molecule has 1 aromatic heterocycles. The molecule has 27 heavy (non-hydrogen) atoms. The highest BCUT2D eigenvalue weighted by Crippen LogP contribution is 2.33. The van der Waals surface area contributed by atoms with E-state index in [1.165, 1.54) is 0 Å². The molecule has 0 saturated carbocycles. The summed E-state index contributed by atoms with van der Waals surface area (Å²) in [6, 6.07) is 3.84. The standard InChI is InChI=1S/C18H19F4N3O2/c1-26-12-7-10-3-5-25(9-11(10)8-13(12)27-2)6-4-23-16-14(19)17(21)24-18(22)15(16)20/h7-8H,3-6,9H2,1-2H3,(H,23,24). The van der Waals surface area contributed by atoms with E-state index in [2.05, 4.69) is 15.2 Å². The lowest BCUT2D eigenvalue weighted by atomic mass is 9.99. The molecule has 0 bridgehead atoms. The number of nitrogens with one attached hydrogen (secondary N) is 1. The summed E-state index contributed by atoms with van der Waals surface area (Å²) in [5, 5.41) is 2.42. The minimum absolute atomic E-state index is 0.110. The van der Waals surface area contributed by atoms with Crippen LogP contribution in [0.25, 0.3) is 0 Å². The van der Waals surface area contributed by atoms with Gasteiger partial charge in [-0.2, -0.15) is 22.5 Å². The third-order valence-electron chi connectivity index (χ3n) is 4.52. The number of rotatable bonds is 6. The first kappa shape index (κ1) is 19.2. The molecule has 0 radical (unpaired) electrons. The van der Waals surface area contributed by atoms with Crippen LogP contribution in [0.15, 0.2) is 12.1 Å². The first-order valence-corrected chi connectivity index (χ1v) is 8.34. The molecule has 2 aromatic rings. The predicted octanol–water partition coefficient (Wildman–Crippen LogP) is 3.13. The minimum atomic E-state index is -1.68. The van der Waals surface area contributed by atoms with Gasteiger partial charge in [-0.3, -0.25) is 4.90 Å². The number of hydrogen-bond acceptors (Lipinski definition) is 5. The van der Waals surface area contributed by atoms with Crippen molar-refractivity contribution in [3.63, 3.8) is 0 Å². The fraction of sp³-hybridized carbons (Fsp3) is 0.389. The molecule has 1 N–H and O–H groups in total. The van der Waals surface area contributed by atoms with Gasteiger partial charge in [0, 0.05) is 26.2 Å². The fourth-order valence-corrected chi connectivity index (χ4v) is 3.11. The molecule has 0 fully saturated rings. The van der Waals surface area contributed by atoms with Crippen LogP contribution in [0.2, 0.25) is 0 Å². The minimum Gasteiger partial charge on any atom is -0.493 e. The Labute approximate surface area is 153 Å². The van der Waals surface area contributed by atoms with Gasteiger partial charge in [0.05, 0.1) is 14.2 Å².